The van der Waals surface area contributed by atoms with E-state index in [-0.39, 0.29) is 0 Å². The predicted octanol–water partition coefficient (Wildman–Crippen LogP) is 0.912. The summed E-state index contributed by atoms with van der Waals surface area (Å²) in [7, 11) is 0. The summed E-state index contributed by atoms with van der Waals surface area (Å²) in [6, 6.07) is 0. The highest BCUT2D eigenvalue weighted by atomic mass is 15.4. The second-order valence-electron chi connectivity index (χ2n) is 3.74. The third-order valence-electron chi connectivity index (χ3n) is 2.40. The normalized spacial score (nSPS) is 10.8. The number of hydrogen-bond acceptors (Lipinski definition) is 4. The SMILES string of the molecule is CCCCc1cn(CCn2cncn2)nn1. The van der Waals surface area contributed by atoms with Crippen LogP contribution in [0.2, 0.25) is 0 Å². The summed E-state index contributed by atoms with van der Waals surface area (Å²) >= 11 is 0. The van der Waals surface area contributed by atoms with E-state index in [1.165, 1.54) is 19.2 Å². The van der Waals surface area contributed by atoms with E-state index in [9.17, 15) is 0 Å². The molecule has 0 aliphatic rings. The second-order valence-corrected chi connectivity index (χ2v) is 3.74. The molecule has 0 N–H and O–H groups in total. The van der Waals surface area contributed by atoms with Crippen LogP contribution in [0.5, 0.6) is 0 Å². The fraction of sp³-hybridized carbons (Fsp3) is 0.600. The van der Waals surface area contributed by atoms with Gasteiger partial charge in [-0.15, -0.1) is 5.10 Å². The molecule has 0 saturated heterocycles. The standard InChI is InChI=1S/C10H16N6/c1-2-3-4-10-7-15(14-13-10)5-6-16-9-11-8-12-16/h7-9H,2-6H2,1H3. The first kappa shape index (κ1) is 10.8. The zero-order valence-corrected chi connectivity index (χ0v) is 9.45. The van der Waals surface area contributed by atoms with Crippen LogP contribution in [0, 0.1) is 0 Å². The summed E-state index contributed by atoms with van der Waals surface area (Å²) in [5.74, 6) is 0. The Morgan fingerprint density at radius 2 is 2.12 bits per heavy atom. The summed E-state index contributed by atoms with van der Waals surface area (Å²) in [4.78, 5) is 3.89. The van der Waals surface area contributed by atoms with Crippen molar-refractivity contribution in [3.63, 3.8) is 0 Å². The van der Waals surface area contributed by atoms with E-state index in [0.717, 1.165) is 25.2 Å². The van der Waals surface area contributed by atoms with Gasteiger partial charge in [0.25, 0.3) is 0 Å². The molecule has 2 heterocycles. The molecule has 86 valence electrons. The first-order valence-electron chi connectivity index (χ1n) is 5.60. The number of hydrogen-bond donors (Lipinski definition) is 0. The van der Waals surface area contributed by atoms with Crippen molar-refractivity contribution in [1.29, 1.82) is 0 Å². The van der Waals surface area contributed by atoms with E-state index in [4.69, 9.17) is 0 Å². The predicted molar refractivity (Wildman–Crippen MR) is 58.7 cm³/mol. The van der Waals surface area contributed by atoms with Crippen LogP contribution in [0.25, 0.3) is 0 Å². The molecule has 0 aromatic carbocycles. The molecule has 0 bridgehead atoms. The van der Waals surface area contributed by atoms with Gasteiger partial charge in [-0.25, -0.2) is 4.98 Å². The van der Waals surface area contributed by atoms with Crippen molar-refractivity contribution in [2.45, 2.75) is 39.3 Å². The van der Waals surface area contributed by atoms with Gasteiger partial charge in [-0.1, -0.05) is 18.6 Å². The van der Waals surface area contributed by atoms with Crippen LogP contribution < -0.4 is 0 Å². The van der Waals surface area contributed by atoms with Crippen LogP contribution in [0.3, 0.4) is 0 Å². The van der Waals surface area contributed by atoms with Gasteiger partial charge in [0.05, 0.1) is 18.8 Å². The molecular formula is C10H16N6. The number of nitrogens with zero attached hydrogens (tertiary/aromatic N) is 6. The maximum Gasteiger partial charge on any atom is 0.137 e. The second kappa shape index (κ2) is 5.39. The topological polar surface area (TPSA) is 61.4 Å². The van der Waals surface area contributed by atoms with Gasteiger partial charge < -0.3 is 0 Å². The lowest BCUT2D eigenvalue weighted by molar-refractivity contribution is 0.489. The molecule has 2 rings (SSSR count). The summed E-state index contributed by atoms with van der Waals surface area (Å²) in [5, 5.41) is 12.2. The molecule has 2 aromatic rings. The minimum absolute atomic E-state index is 0.774. The number of aromatic nitrogens is 6. The third-order valence-corrected chi connectivity index (χ3v) is 2.40. The van der Waals surface area contributed by atoms with Crippen molar-refractivity contribution in [1.82, 2.24) is 29.8 Å². The molecule has 2 aromatic heterocycles. The van der Waals surface area contributed by atoms with Crippen molar-refractivity contribution in [3.8, 4) is 0 Å². The van der Waals surface area contributed by atoms with Gasteiger partial charge >= 0.3 is 0 Å². The molecule has 0 unspecified atom stereocenters. The Morgan fingerprint density at radius 3 is 2.88 bits per heavy atom. The van der Waals surface area contributed by atoms with Gasteiger partial charge in [0.2, 0.25) is 0 Å². The van der Waals surface area contributed by atoms with Gasteiger partial charge in [0, 0.05) is 6.20 Å². The third kappa shape index (κ3) is 2.88. The first-order valence-corrected chi connectivity index (χ1v) is 5.60. The molecular weight excluding hydrogens is 204 g/mol. The fourth-order valence-electron chi connectivity index (χ4n) is 1.47. The Balaban J connectivity index is 1.83. The highest BCUT2D eigenvalue weighted by Crippen LogP contribution is 2.00. The van der Waals surface area contributed by atoms with E-state index >= 15 is 0 Å². The molecule has 0 fully saturated rings. The van der Waals surface area contributed by atoms with Gasteiger partial charge in [0.1, 0.15) is 12.7 Å². The van der Waals surface area contributed by atoms with Crippen LogP contribution in [-0.2, 0) is 19.5 Å². The molecule has 16 heavy (non-hydrogen) atoms. The highest BCUT2D eigenvalue weighted by molar-refractivity contribution is 4.91. The smallest absolute Gasteiger partial charge is 0.137 e. The van der Waals surface area contributed by atoms with Crippen LogP contribution in [0.1, 0.15) is 25.5 Å². The quantitative estimate of drug-likeness (QED) is 0.726. The van der Waals surface area contributed by atoms with Crippen LogP contribution in [-0.4, -0.2) is 29.8 Å². The first-order chi connectivity index (χ1) is 7.88. The minimum atomic E-state index is 0.774. The molecule has 0 saturated carbocycles. The molecule has 6 nitrogen and oxygen atoms in total. The molecule has 0 radical (unpaired) electrons. The van der Waals surface area contributed by atoms with Crippen LogP contribution in [0.15, 0.2) is 18.9 Å². The van der Waals surface area contributed by atoms with E-state index < -0.39 is 0 Å². The maximum absolute atomic E-state index is 4.12. The lowest BCUT2D eigenvalue weighted by Crippen LogP contribution is -2.08. The van der Waals surface area contributed by atoms with Gasteiger partial charge in [0.15, 0.2) is 0 Å². The Kier molecular flexibility index (Phi) is 3.63. The largest absolute Gasteiger partial charge is 0.251 e. The zero-order valence-electron chi connectivity index (χ0n) is 9.45. The number of rotatable bonds is 6. The summed E-state index contributed by atoms with van der Waals surface area (Å²) in [6.45, 7) is 3.73. The Morgan fingerprint density at radius 1 is 1.25 bits per heavy atom. The lowest BCUT2D eigenvalue weighted by atomic mass is 10.2. The maximum atomic E-state index is 4.12. The summed E-state index contributed by atoms with van der Waals surface area (Å²) in [6.07, 6.45) is 8.61. The average Bonchev–Trinajstić information content (AvgIpc) is 2.95. The molecule has 0 amide bonds. The Hall–Kier alpha value is -1.72. The highest BCUT2D eigenvalue weighted by Gasteiger charge is 2.00. The number of unbranched alkanes of at least 4 members (excludes halogenated alkanes) is 1. The van der Waals surface area contributed by atoms with E-state index in [0.29, 0.717) is 0 Å². The Bertz CT molecular complexity index is 405. The monoisotopic (exact) mass is 220 g/mol. The minimum Gasteiger partial charge on any atom is -0.251 e. The van der Waals surface area contributed by atoms with Crippen molar-refractivity contribution < 1.29 is 0 Å². The number of aryl methyl sites for hydroxylation is 3. The van der Waals surface area contributed by atoms with Crippen molar-refractivity contribution >= 4 is 0 Å². The lowest BCUT2D eigenvalue weighted by Gasteiger charge is -1.99. The van der Waals surface area contributed by atoms with Gasteiger partial charge in [-0.3, -0.25) is 9.36 Å². The van der Waals surface area contributed by atoms with Crippen molar-refractivity contribution in [2.24, 2.45) is 0 Å². The molecule has 0 atom stereocenters. The average molecular weight is 220 g/mol. The van der Waals surface area contributed by atoms with Gasteiger partial charge in [-0.2, -0.15) is 5.10 Å². The summed E-state index contributed by atoms with van der Waals surface area (Å²) in [5.41, 5.74) is 1.07. The summed E-state index contributed by atoms with van der Waals surface area (Å²) < 4.78 is 3.64. The Labute approximate surface area is 94.3 Å². The molecule has 0 aliphatic carbocycles. The molecule has 6 heteroatoms. The van der Waals surface area contributed by atoms with Crippen molar-refractivity contribution in [2.75, 3.05) is 0 Å². The van der Waals surface area contributed by atoms with E-state index in [1.807, 2.05) is 10.9 Å². The van der Waals surface area contributed by atoms with E-state index in [2.05, 4.69) is 27.3 Å². The van der Waals surface area contributed by atoms with Crippen LogP contribution in [0.4, 0.5) is 0 Å². The fourth-order valence-corrected chi connectivity index (χ4v) is 1.47. The van der Waals surface area contributed by atoms with E-state index in [1.54, 1.807) is 11.0 Å². The van der Waals surface area contributed by atoms with Gasteiger partial charge in [-0.05, 0) is 12.8 Å². The van der Waals surface area contributed by atoms with Crippen molar-refractivity contribution in [3.05, 3.63) is 24.5 Å². The molecule has 0 aliphatic heterocycles. The molecule has 0 spiro atoms. The zero-order chi connectivity index (χ0) is 11.2. The van der Waals surface area contributed by atoms with Crippen LogP contribution >= 0.6 is 0 Å².